The summed E-state index contributed by atoms with van der Waals surface area (Å²) in [6.45, 7) is 0.461. The molecule has 1 amide bonds. The van der Waals surface area contributed by atoms with E-state index in [9.17, 15) is 10.0 Å². The second-order valence-electron chi connectivity index (χ2n) is 9.49. The molecular weight excluding hydrogens is 572 g/mol. The van der Waals surface area contributed by atoms with Gasteiger partial charge in [-0.05, 0) is 52.6 Å². The molecule has 1 aliphatic heterocycles. The minimum atomic E-state index is -1.49. The first kappa shape index (κ1) is 27.6. The Labute approximate surface area is 241 Å². The zero-order valence-electron chi connectivity index (χ0n) is 21.7. The lowest BCUT2D eigenvalue weighted by Crippen LogP contribution is -2.49. The summed E-state index contributed by atoms with van der Waals surface area (Å²) in [5, 5.41) is 18.9. The van der Waals surface area contributed by atoms with Crippen molar-refractivity contribution in [2.45, 2.75) is 24.5 Å². The van der Waals surface area contributed by atoms with Gasteiger partial charge in [0.25, 0.3) is 5.91 Å². The Morgan fingerprint density at radius 2 is 1.55 bits per heavy atom. The van der Waals surface area contributed by atoms with Crippen LogP contribution in [-0.4, -0.2) is 40.9 Å². The number of carbonyl (C=O) groups excluding carboxylic acids is 1. The van der Waals surface area contributed by atoms with Crippen LogP contribution in [0.2, 0.25) is 0 Å². The average Bonchev–Trinajstić information content (AvgIpc) is 3.39. The maximum atomic E-state index is 13.5. The molecule has 0 unspecified atom stereocenters. The number of nitrogens with zero attached hydrogens (tertiary/aromatic N) is 1. The van der Waals surface area contributed by atoms with Gasteiger partial charge in [-0.25, -0.2) is 10.5 Å². The number of aliphatic hydroxyl groups excluding tert-OH is 1. The molecule has 1 heterocycles. The molecule has 2 atom stereocenters. The maximum absolute atomic E-state index is 13.5. The molecule has 0 fully saturated rings. The third kappa shape index (κ3) is 5.79. The molecule has 5 rings (SSSR count). The number of rotatable bonds is 10. The van der Waals surface area contributed by atoms with Crippen molar-refractivity contribution in [3.63, 3.8) is 0 Å². The van der Waals surface area contributed by atoms with Crippen LogP contribution in [0.3, 0.4) is 0 Å². The molecule has 4 aromatic carbocycles. The van der Waals surface area contributed by atoms with Crippen molar-refractivity contribution < 1.29 is 24.6 Å². The molecule has 204 valence electrons. The maximum Gasteiger partial charge on any atom is 0.275 e. The molecule has 1 aliphatic rings. The fourth-order valence-electron chi connectivity index (χ4n) is 4.79. The summed E-state index contributed by atoms with van der Waals surface area (Å²) in [4.78, 5) is 18.4. The van der Waals surface area contributed by atoms with Crippen LogP contribution in [-0.2, 0) is 16.0 Å². The van der Waals surface area contributed by atoms with Gasteiger partial charge < -0.3 is 14.6 Å². The Kier molecular flexibility index (Phi) is 8.60. The van der Waals surface area contributed by atoms with E-state index >= 15 is 0 Å². The summed E-state index contributed by atoms with van der Waals surface area (Å²) in [5.74, 6) is 0.269. The van der Waals surface area contributed by atoms with Crippen molar-refractivity contribution in [1.29, 1.82) is 0 Å². The normalized spacial score (nSPS) is 18.1. The van der Waals surface area contributed by atoms with Crippen LogP contribution >= 0.6 is 15.9 Å². The summed E-state index contributed by atoms with van der Waals surface area (Å²) in [6, 6.07) is 32.7. The van der Waals surface area contributed by atoms with Crippen molar-refractivity contribution in [3.05, 3.63) is 124 Å². The number of carbonyl (C=O) groups is 1. The molecule has 0 radical (unpaired) electrons. The number of ether oxygens (including phenoxy) is 2. The molecule has 8 heteroatoms. The molecule has 7 nitrogen and oxygen atoms in total. The number of hydroxylamine groups is 1. The first-order chi connectivity index (χ1) is 19.5. The largest absolute Gasteiger partial charge is 0.494 e. The van der Waals surface area contributed by atoms with Crippen molar-refractivity contribution in [1.82, 2.24) is 5.48 Å². The summed E-state index contributed by atoms with van der Waals surface area (Å²) < 4.78 is 12.9. The Morgan fingerprint density at radius 1 is 0.900 bits per heavy atom. The summed E-state index contributed by atoms with van der Waals surface area (Å²) >= 11 is 3.59. The highest BCUT2D eigenvalue weighted by molar-refractivity contribution is 9.10. The molecule has 0 bridgehead atoms. The molecule has 0 aromatic heterocycles. The number of hydrogen-bond acceptors (Lipinski definition) is 6. The molecule has 0 saturated heterocycles. The zero-order chi connectivity index (χ0) is 28.0. The Bertz CT molecular complexity index is 1480. The lowest BCUT2D eigenvalue weighted by molar-refractivity contribution is -0.137. The van der Waals surface area contributed by atoms with Gasteiger partial charge in [0, 0.05) is 29.5 Å². The van der Waals surface area contributed by atoms with E-state index in [2.05, 4.69) is 15.9 Å². The van der Waals surface area contributed by atoms with Crippen molar-refractivity contribution in [2.75, 3.05) is 13.2 Å². The van der Waals surface area contributed by atoms with E-state index in [0.717, 1.165) is 26.7 Å². The SMILES string of the molecule is O=C(NO)[C@@]1(Cc2ccccc2Br)N=C(c2ccc(OCCCO)cc2)O[C@H]1c1ccc(-c2ccccc2)cc1. The molecule has 0 aliphatic carbocycles. The van der Waals surface area contributed by atoms with Gasteiger partial charge in [-0.1, -0.05) is 88.7 Å². The van der Waals surface area contributed by atoms with Gasteiger partial charge in [-0.2, -0.15) is 0 Å². The Hall–Kier alpha value is -3.98. The van der Waals surface area contributed by atoms with Crippen molar-refractivity contribution >= 4 is 27.7 Å². The first-order valence-corrected chi connectivity index (χ1v) is 13.8. The molecule has 0 saturated carbocycles. The van der Waals surface area contributed by atoms with Gasteiger partial charge in [0.1, 0.15) is 5.75 Å². The lowest BCUT2D eigenvalue weighted by Gasteiger charge is -2.30. The van der Waals surface area contributed by atoms with Gasteiger partial charge in [-0.15, -0.1) is 0 Å². The van der Waals surface area contributed by atoms with E-state index in [4.69, 9.17) is 19.6 Å². The number of nitrogens with one attached hydrogen (secondary N) is 1. The van der Waals surface area contributed by atoms with Crippen LogP contribution in [0.25, 0.3) is 11.1 Å². The van der Waals surface area contributed by atoms with Gasteiger partial charge in [0.15, 0.2) is 11.6 Å². The highest BCUT2D eigenvalue weighted by Gasteiger charge is 2.53. The predicted molar refractivity (Wildman–Crippen MR) is 156 cm³/mol. The fraction of sp³-hybridized carbons (Fsp3) is 0.188. The Balaban J connectivity index is 1.54. The van der Waals surface area contributed by atoms with Crippen LogP contribution in [0, 0.1) is 0 Å². The van der Waals surface area contributed by atoms with Crippen LogP contribution in [0.4, 0.5) is 0 Å². The fourth-order valence-corrected chi connectivity index (χ4v) is 5.22. The first-order valence-electron chi connectivity index (χ1n) is 13.0. The average molecular weight is 601 g/mol. The van der Waals surface area contributed by atoms with Crippen LogP contribution < -0.4 is 10.2 Å². The van der Waals surface area contributed by atoms with Gasteiger partial charge >= 0.3 is 0 Å². The second kappa shape index (κ2) is 12.5. The van der Waals surface area contributed by atoms with Crippen LogP contribution in [0.5, 0.6) is 5.75 Å². The van der Waals surface area contributed by atoms with E-state index in [1.165, 1.54) is 0 Å². The standard InChI is InChI=1S/C32H29BrN2O5/c33-28-10-5-4-9-26(28)21-32(31(37)35-38)29(24-13-11-23(12-14-24)22-7-2-1-3-8-22)40-30(34-32)25-15-17-27(18-16-25)39-20-6-19-36/h1-5,7-18,29,36,38H,6,19-21H2,(H,35,37)/t29-,32-/m0/s1. The molecular formula is C32H29BrN2O5. The number of halogens is 1. The van der Waals surface area contributed by atoms with E-state index in [1.54, 1.807) is 12.1 Å². The predicted octanol–water partition coefficient (Wildman–Crippen LogP) is 5.88. The number of benzene rings is 4. The quantitative estimate of drug-likeness (QED) is 0.120. The van der Waals surface area contributed by atoms with Crippen molar-refractivity contribution in [3.8, 4) is 16.9 Å². The third-order valence-electron chi connectivity index (χ3n) is 6.87. The zero-order valence-corrected chi connectivity index (χ0v) is 23.3. The van der Waals surface area contributed by atoms with Crippen LogP contribution in [0.15, 0.2) is 113 Å². The van der Waals surface area contributed by atoms with Gasteiger partial charge in [0.05, 0.1) is 6.61 Å². The van der Waals surface area contributed by atoms with Crippen molar-refractivity contribution in [2.24, 2.45) is 4.99 Å². The highest BCUT2D eigenvalue weighted by Crippen LogP contribution is 2.43. The second-order valence-corrected chi connectivity index (χ2v) is 10.3. The number of aliphatic imine (C=N–C) groups is 1. The summed E-state index contributed by atoms with van der Waals surface area (Å²) in [7, 11) is 0. The van der Waals surface area contributed by atoms with E-state index in [1.807, 2.05) is 96.5 Å². The minimum absolute atomic E-state index is 0.0585. The van der Waals surface area contributed by atoms with Crippen LogP contribution in [0.1, 0.15) is 29.2 Å². The summed E-state index contributed by atoms with van der Waals surface area (Å²) in [5.41, 5.74) is 4.73. The van der Waals surface area contributed by atoms with Gasteiger partial charge in [0.2, 0.25) is 5.90 Å². The molecule has 40 heavy (non-hydrogen) atoms. The number of aliphatic hydroxyl groups is 1. The number of hydrogen-bond donors (Lipinski definition) is 3. The van der Waals surface area contributed by atoms with E-state index < -0.39 is 17.6 Å². The van der Waals surface area contributed by atoms with Gasteiger partial charge in [-0.3, -0.25) is 10.0 Å². The summed E-state index contributed by atoms with van der Waals surface area (Å²) in [6.07, 6.45) is -0.0967. The minimum Gasteiger partial charge on any atom is -0.494 e. The third-order valence-corrected chi connectivity index (χ3v) is 7.64. The van der Waals surface area contributed by atoms with E-state index in [0.29, 0.717) is 24.3 Å². The monoisotopic (exact) mass is 600 g/mol. The molecule has 3 N–H and O–H groups in total. The Morgan fingerprint density at radius 3 is 2.23 bits per heavy atom. The highest BCUT2D eigenvalue weighted by atomic mass is 79.9. The topological polar surface area (TPSA) is 100 Å². The molecule has 4 aromatic rings. The smallest absolute Gasteiger partial charge is 0.275 e. The lowest BCUT2D eigenvalue weighted by atomic mass is 9.82. The number of amides is 1. The molecule has 0 spiro atoms. The van der Waals surface area contributed by atoms with E-state index in [-0.39, 0.29) is 18.9 Å².